The molecule has 0 aliphatic carbocycles. The van der Waals surface area contributed by atoms with Crippen molar-refractivity contribution in [2.45, 2.75) is 37.0 Å². The Bertz CT molecular complexity index is 1020. The van der Waals surface area contributed by atoms with Crippen molar-refractivity contribution in [1.29, 1.82) is 0 Å². The number of hydrogen-bond donors (Lipinski definition) is 2. The summed E-state index contributed by atoms with van der Waals surface area (Å²) in [5, 5.41) is 3.56. The zero-order chi connectivity index (χ0) is 23.9. The maximum atomic E-state index is 14.2. The molecule has 180 valence electrons. The first-order valence-electron chi connectivity index (χ1n) is 12.2. The van der Waals surface area contributed by atoms with Crippen LogP contribution in [0.3, 0.4) is 0 Å². The fourth-order valence-electron chi connectivity index (χ4n) is 4.92. The number of piperidine rings is 1. The Labute approximate surface area is 207 Å². The van der Waals surface area contributed by atoms with Crippen molar-refractivity contribution in [1.82, 2.24) is 4.90 Å². The van der Waals surface area contributed by atoms with Crippen molar-refractivity contribution in [3.63, 3.8) is 0 Å². The van der Waals surface area contributed by atoms with Gasteiger partial charge in [0.05, 0.1) is 0 Å². The lowest BCUT2D eigenvalue weighted by atomic mass is 9.87. The van der Waals surface area contributed by atoms with E-state index < -0.39 is 0 Å². The maximum absolute atomic E-state index is 14.2. The van der Waals surface area contributed by atoms with Crippen LogP contribution in [-0.4, -0.2) is 37.3 Å². The molecule has 5 heteroatoms. The summed E-state index contributed by atoms with van der Waals surface area (Å²) < 4.78 is 14.2. The molecule has 0 spiro atoms. The highest BCUT2D eigenvalue weighted by Gasteiger charge is 2.22. The molecule has 1 atom stereocenters. The molecule has 0 bridgehead atoms. The van der Waals surface area contributed by atoms with Crippen molar-refractivity contribution < 1.29 is 4.39 Å². The third-order valence-electron chi connectivity index (χ3n) is 6.93. The molecular formula is C29H36FN3S. The number of benzene rings is 3. The molecule has 1 heterocycles. The largest absolute Gasteiger partial charge is 0.399 e. The predicted octanol–water partition coefficient (Wildman–Crippen LogP) is 6.78. The van der Waals surface area contributed by atoms with E-state index in [4.69, 9.17) is 5.73 Å². The monoisotopic (exact) mass is 477 g/mol. The van der Waals surface area contributed by atoms with Crippen molar-refractivity contribution >= 4 is 23.1 Å². The molecule has 0 amide bonds. The van der Waals surface area contributed by atoms with Crippen LogP contribution in [0.15, 0.2) is 71.6 Å². The first kappa shape index (κ1) is 24.6. The van der Waals surface area contributed by atoms with Gasteiger partial charge in [0.25, 0.3) is 0 Å². The molecule has 3 aromatic rings. The minimum absolute atomic E-state index is 0.143. The van der Waals surface area contributed by atoms with Crippen molar-refractivity contribution in [2.75, 3.05) is 43.5 Å². The van der Waals surface area contributed by atoms with Gasteiger partial charge in [-0.1, -0.05) is 18.2 Å². The van der Waals surface area contributed by atoms with E-state index >= 15 is 0 Å². The Kier molecular flexibility index (Phi) is 8.52. The van der Waals surface area contributed by atoms with Crippen LogP contribution in [0, 0.1) is 18.7 Å². The zero-order valence-corrected chi connectivity index (χ0v) is 21.1. The summed E-state index contributed by atoms with van der Waals surface area (Å²) in [5.41, 5.74) is 11.0. The molecule has 3 nitrogen and oxygen atoms in total. The number of nitrogens with two attached hydrogens (primary N) is 1. The van der Waals surface area contributed by atoms with E-state index in [2.05, 4.69) is 46.8 Å². The third kappa shape index (κ3) is 6.77. The molecule has 1 saturated heterocycles. The minimum atomic E-state index is -0.143. The standard InChI is InChI=1S/C29H36FN3S/c1-21-17-24(19-25(30)18-21)29(23-3-9-28(34-2)10-4-23)13-16-33-14-11-22(12-15-33)20-32-27-7-5-26(31)6-8-27/h3-10,17-19,22,29,32H,11-16,20,31H2,1-2H3. The van der Waals surface area contributed by atoms with Gasteiger partial charge >= 0.3 is 0 Å². The SMILES string of the molecule is CSc1ccc(C(CCN2CCC(CNc3ccc(N)cc3)CC2)c2cc(C)cc(F)c2)cc1. The van der Waals surface area contributed by atoms with Crippen molar-refractivity contribution in [2.24, 2.45) is 5.92 Å². The second-order valence-electron chi connectivity index (χ2n) is 9.46. The highest BCUT2D eigenvalue weighted by atomic mass is 32.2. The number of hydrogen-bond acceptors (Lipinski definition) is 4. The number of anilines is 2. The topological polar surface area (TPSA) is 41.3 Å². The molecule has 3 N–H and O–H groups in total. The Morgan fingerprint density at radius 3 is 2.35 bits per heavy atom. The second kappa shape index (κ2) is 11.8. The summed E-state index contributed by atoms with van der Waals surface area (Å²) in [5.74, 6) is 0.750. The lowest BCUT2D eigenvalue weighted by Gasteiger charge is -2.33. The van der Waals surface area contributed by atoms with Gasteiger partial charge in [-0.2, -0.15) is 0 Å². The number of nitrogen functional groups attached to an aromatic ring is 1. The molecule has 0 radical (unpaired) electrons. The Morgan fingerprint density at radius 2 is 1.71 bits per heavy atom. The number of aryl methyl sites for hydroxylation is 1. The summed E-state index contributed by atoms with van der Waals surface area (Å²) in [6, 6.07) is 22.2. The summed E-state index contributed by atoms with van der Waals surface area (Å²) in [7, 11) is 0. The van der Waals surface area contributed by atoms with Gasteiger partial charge in [-0.15, -0.1) is 11.8 Å². The summed E-state index contributed by atoms with van der Waals surface area (Å²) in [4.78, 5) is 3.84. The first-order valence-corrected chi connectivity index (χ1v) is 13.5. The fourth-order valence-corrected chi connectivity index (χ4v) is 5.33. The van der Waals surface area contributed by atoms with E-state index in [1.807, 2.05) is 31.2 Å². The van der Waals surface area contributed by atoms with E-state index in [9.17, 15) is 4.39 Å². The van der Waals surface area contributed by atoms with Crippen LogP contribution in [-0.2, 0) is 0 Å². The van der Waals surface area contributed by atoms with Crippen LogP contribution in [0.4, 0.5) is 15.8 Å². The zero-order valence-electron chi connectivity index (χ0n) is 20.3. The van der Waals surface area contributed by atoms with Gasteiger partial charge in [0.15, 0.2) is 0 Å². The maximum Gasteiger partial charge on any atom is 0.123 e. The molecular weight excluding hydrogens is 441 g/mol. The number of thioether (sulfide) groups is 1. The summed E-state index contributed by atoms with van der Waals surface area (Å²) in [6.45, 7) is 6.25. The molecule has 1 aliphatic heterocycles. The number of rotatable bonds is 9. The molecule has 1 aliphatic rings. The highest BCUT2D eigenvalue weighted by Crippen LogP contribution is 2.31. The summed E-state index contributed by atoms with van der Waals surface area (Å²) >= 11 is 1.75. The number of nitrogens with one attached hydrogen (secondary N) is 1. The lowest BCUT2D eigenvalue weighted by Crippen LogP contribution is -2.36. The van der Waals surface area contributed by atoms with Crippen LogP contribution in [0.2, 0.25) is 0 Å². The van der Waals surface area contributed by atoms with Crippen LogP contribution < -0.4 is 11.1 Å². The third-order valence-corrected chi connectivity index (χ3v) is 7.68. The van der Waals surface area contributed by atoms with Crippen molar-refractivity contribution in [3.8, 4) is 0 Å². The Hall–Kier alpha value is -2.50. The normalized spacial score (nSPS) is 15.9. The van der Waals surface area contributed by atoms with E-state index in [-0.39, 0.29) is 11.7 Å². The lowest BCUT2D eigenvalue weighted by molar-refractivity contribution is 0.185. The molecule has 0 saturated carbocycles. The number of halogens is 1. The van der Waals surface area contributed by atoms with E-state index in [0.717, 1.165) is 55.1 Å². The van der Waals surface area contributed by atoms with Crippen LogP contribution >= 0.6 is 11.8 Å². The Balaban J connectivity index is 1.34. The predicted molar refractivity (Wildman–Crippen MR) is 144 cm³/mol. The van der Waals surface area contributed by atoms with Gasteiger partial charge in [0.1, 0.15) is 5.82 Å². The Morgan fingerprint density at radius 1 is 1.00 bits per heavy atom. The van der Waals surface area contributed by atoms with Gasteiger partial charge in [0.2, 0.25) is 0 Å². The average Bonchev–Trinajstić information content (AvgIpc) is 2.84. The molecule has 3 aromatic carbocycles. The molecule has 1 unspecified atom stereocenters. The molecule has 1 fully saturated rings. The number of likely N-dealkylation sites (tertiary alicyclic amines) is 1. The number of nitrogens with zero attached hydrogens (tertiary/aromatic N) is 1. The van der Waals surface area contributed by atoms with Gasteiger partial charge in [-0.05, 0) is 123 Å². The van der Waals surface area contributed by atoms with Crippen LogP contribution in [0.5, 0.6) is 0 Å². The fraction of sp³-hybridized carbons (Fsp3) is 0.379. The van der Waals surface area contributed by atoms with E-state index in [1.165, 1.54) is 23.3 Å². The summed E-state index contributed by atoms with van der Waals surface area (Å²) in [6.07, 6.45) is 5.50. The van der Waals surface area contributed by atoms with Gasteiger partial charge < -0.3 is 16.0 Å². The van der Waals surface area contributed by atoms with Crippen LogP contribution in [0.25, 0.3) is 0 Å². The van der Waals surface area contributed by atoms with E-state index in [0.29, 0.717) is 5.92 Å². The van der Waals surface area contributed by atoms with Crippen LogP contribution in [0.1, 0.15) is 41.9 Å². The smallest absolute Gasteiger partial charge is 0.123 e. The average molecular weight is 478 g/mol. The van der Waals surface area contributed by atoms with Gasteiger partial charge in [-0.25, -0.2) is 4.39 Å². The van der Waals surface area contributed by atoms with Crippen molar-refractivity contribution in [3.05, 3.63) is 89.2 Å². The molecule has 34 heavy (non-hydrogen) atoms. The van der Waals surface area contributed by atoms with Gasteiger partial charge in [-0.3, -0.25) is 0 Å². The van der Waals surface area contributed by atoms with Gasteiger partial charge in [0, 0.05) is 28.7 Å². The first-order chi connectivity index (χ1) is 16.5. The highest BCUT2D eigenvalue weighted by molar-refractivity contribution is 7.98. The quantitative estimate of drug-likeness (QED) is 0.263. The van der Waals surface area contributed by atoms with E-state index in [1.54, 1.807) is 23.9 Å². The molecule has 4 rings (SSSR count). The second-order valence-corrected chi connectivity index (χ2v) is 10.3. The minimum Gasteiger partial charge on any atom is -0.399 e. The molecule has 0 aromatic heterocycles.